The zero-order chi connectivity index (χ0) is 15.9. The van der Waals surface area contributed by atoms with Gasteiger partial charge in [0.25, 0.3) is 0 Å². The van der Waals surface area contributed by atoms with Gasteiger partial charge in [0.1, 0.15) is 5.76 Å². The molecule has 0 aliphatic carbocycles. The molecule has 6 heteroatoms. The molecule has 116 valence electrons. The molecule has 0 aliphatic heterocycles. The Balaban J connectivity index is 1.73. The van der Waals surface area contributed by atoms with E-state index in [2.05, 4.69) is 15.3 Å². The molecule has 3 aromatic rings. The zero-order valence-electron chi connectivity index (χ0n) is 12.4. The van der Waals surface area contributed by atoms with Crippen molar-refractivity contribution >= 4 is 11.7 Å². The Morgan fingerprint density at radius 1 is 1.09 bits per heavy atom. The van der Waals surface area contributed by atoms with Crippen LogP contribution in [0.25, 0.3) is 0 Å². The van der Waals surface area contributed by atoms with Gasteiger partial charge in [0.2, 0.25) is 0 Å². The van der Waals surface area contributed by atoms with E-state index in [4.69, 9.17) is 4.42 Å². The molecule has 0 aliphatic rings. The number of rotatable bonds is 5. The molecule has 1 N–H and O–H groups in total. The highest BCUT2D eigenvalue weighted by Gasteiger charge is 2.17. The largest absolute Gasteiger partial charge is 0.467 e. The highest BCUT2D eigenvalue weighted by Crippen LogP contribution is 2.16. The van der Waals surface area contributed by atoms with Gasteiger partial charge in [-0.25, -0.2) is 4.79 Å². The van der Waals surface area contributed by atoms with Crippen LogP contribution < -0.4 is 10.2 Å². The number of amides is 2. The number of furan rings is 1. The van der Waals surface area contributed by atoms with E-state index in [1.165, 1.54) is 0 Å². The van der Waals surface area contributed by atoms with Crippen LogP contribution >= 0.6 is 0 Å². The monoisotopic (exact) mass is 308 g/mol. The Bertz CT molecular complexity index is 730. The molecule has 3 aromatic heterocycles. The third-order valence-corrected chi connectivity index (χ3v) is 3.29. The maximum Gasteiger partial charge on any atom is 0.322 e. The van der Waals surface area contributed by atoms with Crippen LogP contribution in [0.1, 0.15) is 11.3 Å². The molecule has 0 bridgehead atoms. The number of aromatic nitrogens is 2. The minimum absolute atomic E-state index is 0.216. The van der Waals surface area contributed by atoms with E-state index in [0.717, 1.165) is 5.56 Å². The Labute approximate surface area is 133 Å². The van der Waals surface area contributed by atoms with E-state index >= 15 is 0 Å². The lowest BCUT2D eigenvalue weighted by Gasteiger charge is -2.22. The van der Waals surface area contributed by atoms with Crippen molar-refractivity contribution in [1.29, 1.82) is 0 Å². The average molecular weight is 308 g/mol. The molecule has 0 saturated heterocycles. The molecule has 0 aromatic carbocycles. The number of urea groups is 1. The van der Waals surface area contributed by atoms with Crippen LogP contribution in [0.4, 0.5) is 10.5 Å². The van der Waals surface area contributed by atoms with Gasteiger partial charge in [-0.15, -0.1) is 0 Å². The van der Waals surface area contributed by atoms with E-state index in [-0.39, 0.29) is 6.03 Å². The van der Waals surface area contributed by atoms with Crippen LogP contribution in [0.3, 0.4) is 0 Å². The first-order chi connectivity index (χ1) is 11.3. The van der Waals surface area contributed by atoms with Gasteiger partial charge in [-0.2, -0.15) is 0 Å². The van der Waals surface area contributed by atoms with Gasteiger partial charge in [0.15, 0.2) is 0 Å². The molecule has 0 unspecified atom stereocenters. The second-order valence-electron chi connectivity index (χ2n) is 4.89. The summed E-state index contributed by atoms with van der Waals surface area (Å²) in [6.07, 6.45) is 8.30. The summed E-state index contributed by atoms with van der Waals surface area (Å²) in [5.74, 6) is 0.702. The van der Waals surface area contributed by atoms with Crippen LogP contribution in [0.2, 0.25) is 0 Å². The second kappa shape index (κ2) is 7.22. The van der Waals surface area contributed by atoms with Crippen molar-refractivity contribution in [2.45, 2.75) is 13.1 Å². The lowest BCUT2D eigenvalue weighted by atomic mass is 10.3. The summed E-state index contributed by atoms with van der Waals surface area (Å²) in [7, 11) is 0. The number of hydrogen-bond donors (Lipinski definition) is 1. The van der Waals surface area contributed by atoms with Crippen molar-refractivity contribution < 1.29 is 9.21 Å². The van der Waals surface area contributed by atoms with Crippen molar-refractivity contribution in [3.05, 3.63) is 78.8 Å². The molecule has 6 nitrogen and oxygen atoms in total. The van der Waals surface area contributed by atoms with Crippen LogP contribution in [-0.2, 0) is 13.1 Å². The Hall–Kier alpha value is -3.15. The smallest absolute Gasteiger partial charge is 0.322 e. The number of nitrogens with zero attached hydrogens (tertiary/aromatic N) is 3. The number of anilines is 1. The number of pyridine rings is 2. The van der Waals surface area contributed by atoms with Crippen molar-refractivity contribution in [3.8, 4) is 0 Å². The van der Waals surface area contributed by atoms with Crippen molar-refractivity contribution in [1.82, 2.24) is 15.3 Å². The fourth-order valence-corrected chi connectivity index (χ4v) is 2.13. The van der Waals surface area contributed by atoms with Gasteiger partial charge in [-0.3, -0.25) is 14.9 Å². The molecular formula is C17H16N4O2. The van der Waals surface area contributed by atoms with Crippen LogP contribution in [-0.4, -0.2) is 16.0 Å². The van der Waals surface area contributed by atoms with Gasteiger partial charge >= 0.3 is 6.03 Å². The van der Waals surface area contributed by atoms with Gasteiger partial charge in [0.05, 0.1) is 24.7 Å². The SMILES string of the molecule is O=C(NCc1ccncc1)N(Cc1ccco1)c1cccnc1. The van der Waals surface area contributed by atoms with Crippen LogP contribution in [0, 0.1) is 0 Å². The van der Waals surface area contributed by atoms with Crippen molar-refractivity contribution in [2.24, 2.45) is 0 Å². The van der Waals surface area contributed by atoms with Gasteiger partial charge in [0, 0.05) is 25.1 Å². The Morgan fingerprint density at radius 2 is 1.96 bits per heavy atom. The molecule has 0 atom stereocenters. The maximum absolute atomic E-state index is 12.6. The number of carbonyl (C=O) groups excluding carboxylic acids is 1. The summed E-state index contributed by atoms with van der Waals surface area (Å²) in [5, 5.41) is 2.90. The summed E-state index contributed by atoms with van der Waals surface area (Å²) >= 11 is 0. The second-order valence-corrected chi connectivity index (χ2v) is 4.89. The van der Waals surface area contributed by atoms with Gasteiger partial charge in [-0.05, 0) is 42.0 Å². The number of hydrogen-bond acceptors (Lipinski definition) is 4. The Kier molecular flexibility index (Phi) is 4.63. The third kappa shape index (κ3) is 3.94. The van der Waals surface area contributed by atoms with Crippen LogP contribution in [0.5, 0.6) is 0 Å². The quantitative estimate of drug-likeness (QED) is 0.786. The fourth-order valence-electron chi connectivity index (χ4n) is 2.13. The minimum Gasteiger partial charge on any atom is -0.467 e. The number of carbonyl (C=O) groups is 1. The standard InChI is InChI=1S/C17H16N4O2/c22-17(20-11-14-5-8-18-9-6-14)21(13-16-4-2-10-23-16)15-3-1-7-19-12-15/h1-10,12H,11,13H2,(H,20,22). The predicted octanol–water partition coefficient (Wildman–Crippen LogP) is 2.99. The van der Waals surface area contributed by atoms with E-state index < -0.39 is 0 Å². The molecule has 23 heavy (non-hydrogen) atoms. The summed E-state index contributed by atoms with van der Waals surface area (Å²) in [6.45, 7) is 0.761. The predicted molar refractivity (Wildman–Crippen MR) is 85.6 cm³/mol. The first kappa shape index (κ1) is 14.8. The Morgan fingerprint density at radius 3 is 2.65 bits per heavy atom. The van der Waals surface area contributed by atoms with Gasteiger partial charge in [-0.1, -0.05) is 0 Å². The first-order valence-electron chi connectivity index (χ1n) is 7.19. The van der Waals surface area contributed by atoms with Gasteiger partial charge < -0.3 is 9.73 Å². The molecule has 0 spiro atoms. The van der Waals surface area contributed by atoms with E-state index in [1.807, 2.05) is 24.3 Å². The molecular weight excluding hydrogens is 292 g/mol. The lowest BCUT2D eigenvalue weighted by molar-refractivity contribution is 0.245. The molecule has 0 saturated carbocycles. The normalized spacial score (nSPS) is 10.3. The fraction of sp³-hybridized carbons (Fsp3) is 0.118. The summed E-state index contributed by atoms with van der Waals surface area (Å²) < 4.78 is 5.35. The molecule has 2 amide bonds. The molecule has 3 heterocycles. The summed E-state index contributed by atoms with van der Waals surface area (Å²) in [5.41, 5.74) is 1.69. The first-order valence-corrected chi connectivity index (χ1v) is 7.19. The van der Waals surface area contributed by atoms with Crippen molar-refractivity contribution in [2.75, 3.05) is 4.90 Å². The molecule has 0 fully saturated rings. The minimum atomic E-state index is -0.216. The van der Waals surface area contributed by atoms with Crippen LogP contribution in [0.15, 0.2) is 71.9 Å². The van der Waals surface area contributed by atoms with E-state index in [1.54, 1.807) is 48.1 Å². The summed E-state index contributed by atoms with van der Waals surface area (Å²) in [4.78, 5) is 22.2. The number of nitrogens with one attached hydrogen (secondary N) is 1. The van der Waals surface area contributed by atoms with Crippen molar-refractivity contribution in [3.63, 3.8) is 0 Å². The molecule has 3 rings (SSSR count). The average Bonchev–Trinajstić information content (AvgIpc) is 3.12. The lowest BCUT2D eigenvalue weighted by Crippen LogP contribution is -2.39. The topological polar surface area (TPSA) is 71.3 Å². The summed E-state index contributed by atoms with van der Waals surface area (Å²) in [6, 6.07) is 10.8. The highest BCUT2D eigenvalue weighted by molar-refractivity contribution is 5.91. The maximum atomic E-state index is 12.6. The third-order valence-electron chi connectivity index (χ3n) is 3.29. The van der Waals surface area contributed by atoms with E-state index in [9.17, 15) is 4.79 Å². The molecule has 0 radical (unpaired) electrons. The zero-order valence-corrected chi connectivity index (χ0v) is 12.4. The highest BCUT2D eigenvalue weighted by atomic mass is 16.3. The van der Waals surface area contributed by atoms with E-state index in [0.29, 0.717) is 24.5 Å².